The molecule has 4 heteroatoms. The van der Waals surface area contributed by atoms with Gasteiger partial charge in [0.25, 0.3) is 0 Å². The van der Waals surface area contributed by atoms with Crippen LogP contribution in [0.2, 0.25) is 5.02 Å². The lowest BCUT2D eigenvalue weighted by molar-refractivity contribution is 0.0125. The Kier molecular flexibility index (Phi) is 4.92. The number of hydrogen-bond donors (Lipinski definition) is 1. The molecule has 0 aliphatic heterocycles. The highest BCUT2D eigenvalue weighted by Gasteiger charge is 2.18. The highest BCUT2D eigenvalue weighted by atomic mass is 35.5. The summed E-state index contributed by atoms with van der Waals surface area (Å²) in [5.41, 5.74) is 6.57. The molecule has 1 rings (SSSR count). The minimum absolute atomic E-state index is 0.123. The standard InChI is InChI=1S/C13H19ClFNO/c1-13(2,17-3)7-6-12(16)9-4-5-10(14)11(15)8-9/h4-5,8,12H,6-7,16H2,1-3H3. The third-order valence-corrected chi connectivity index (χ3v) is 3.29. The molecule has 0 heterocycles. The van der Waals surface area contributed by atoms with E-state index in [2.05, 4.69) is 0 Å². The van der Waals surface area contributed by atoms with Gasteiger partial charge in [0.2, 0.25) is 0 Å². The molecule has 0 saturated heterocycles. The average molecular weight is 260 g/mol. The molecule has 2 N–H and O–H groups in total. The molecule has 0 spiro atoms. The van der Waals surface area contributed by atoms with Gasteiger partial charge >= 0.3 is 0 Å². The molecule has 1 atom stereocenters. The topological polar surface area (TPSA) is 35.2 Å². The van der Waals surface area contributed by atoms with Gasteiger partial charge in [-0.25, -0.2) is 4.39 Å². The van der Waals surface area contributed by atoms with E-state index in [9.17, 15) is 4.39 Å². The second-order valence-corrected chi connectivity index (χ2v) is 5.19. The van der Waals surface area contributed by atoms with Crippen LogP contribution in [-0.2, 0) is 4.74 Å². The van der Waals surface area contributed by atoms with Crippen LogP contribution >= 0.6 is 11.6 Å². The van der Waals surface area contributed by atoms with E-state index in [4.69, 9.17) is 22.1 Å². The minimum atomic E-state index is -0.425. The summed E-state index contributed by atoms with van der Waals surface area (Å²) >= 11 is 5.62. The number of benzene rings is 1. The van der Waals surface area contributed by atoms with Crippen molar-refractivity contribution < 1.29 is 9.13 Å². The summed E-state index contributed by atoms with van der Waals surface area (Å²) in [5.74, 6) is -0.425. The molecule has 2 nitrogen and oxygen atoms in total. The Bertz CT molecular complexity index is 382. The van der Waals surface area contributed by atoms with E-state index in [0.29, 0.717) is 0 Å². The molecule has 1 unspecified atom stereocenters. The molecular formula is C13H19ClFNO. The fraction of sp³-hybridized carbons (Fsp3) is 0.538. The van der Waals surface area contributed by atoms with E-state index >= 15 is 0 Å². The fourth-order valence-corrected chi connectivity index (χ4v) is 1.63. The van der Waals surface area contributed by atoms with E-state index < -0.39 is 5.82 Å². The van der Waals surface area contributed by atoms with Crippen molar-refractivity contribution in [1.82, 2.24) is 0 Å². The molecule has 0 radical (unpaired) electrons. The molecule has 17 heavy (non-hydrogen) atoms. The predicted molar refractivity (Wildman–Crippen MR) is 68.7 cm³/mol. The zero-order chi connectivity index (χ0) is 13.1. The maximum atomic E-state index is 13.3. The molecule has 1 aromatic carbocycles. The summed E-state index contributed by atoms with van der Waals surface area (Å²) in [6, 6.07) is 4.49. The van der Waals surface area contributed by atoms with Crippen LogP contribution in [0.3, 0.4) is 0 Å². The molecule has 96 valence electrons. The third kappa shape index (κ3) is 4.26. The summed E-state index contributed by atoms with van der Waals surface area (Å²) in [7, 11) is 1.67. The summed E-state index contributed by atoms with van der Waals surface area (Å²) < 4.78 is 18.6. The van der Waals surface area contributed by atoms with Gasteiger partial charge in [-0.05, 0) is 44.4 Å². The van der Waals surface area contributed by atoms with Gasteiger partial charge in [0.05, 0.1) is 10.6 Å². The van der Waals surface area contributed by atoms with Gasteiger partial charge in [-0.2, -0.15) is 0 Å². The lowest BCUT2D eigenvalue weighted by Gasteiger charge is -2.24. The Hall–Kier alpha value is -0.640. The number of rotatable bonds is 5. The first kappa shape index (κ1) is 14.4. The average Bonchev–Trinajstić information content (AvgIpc) is 2.30. The Balaban J connectivity index is 2.64. The highest BCUT2D eigenvalue weighted by molar-refractivity contribution is 6.30. The smallest absolute Gasteiger partial charge is 0.142 e. The molecule has 0 aliphatic carbocycles. The number of ether oxygens (including phenoxy) is 1. The molecule has 0 saturated carbocycles. The van der Waals surface area contributed by atoms with Crippen LogP contribution in [0.25, 0.3) is 0 Å². The number of halogens is 2. The molecule has 0 aliphatic rings. The van der Waals surface area contributed by atoms with E-state index in [1.165, 1.54) is 12.1 Å². The monoisotopic (exact) mass is 259 g/mol. The maximum Gasteiger partial charge on any atom is 0.142 e. The van der Waals surface area contributed by atoms with Crippen molar-refractivity contribution >= 4 is 11.6 Å². The van der Waals surface area contributed by atoms with Crippen LogP contribution in [-0.4, -0.2) is 12.7 Å². The third-order valence-electron chi connectivity index (χ3n) is 2.98. The Morgan fingerprint density at radius 3 is 2.65 bits per heavy atom. The summed E-state index contributed by atoms with van der Waals surface area (Å²) in [4.78, 5) is 0. The van der Waals surface area contributed by atoms with E-state index in [0.717, 1.165) is 18.4 Å². The van der Waals surface area contributed by atoms with Gasteiger partial charge in [-0.3, -0.25) is 0 Å². The number of hydrogen-bond acceptors (Lipinski definition) is 2. The molecule has 0 amide bonds. The molecule has 1 aromatic rings. The summed E-state index contributed by atoms with van der Waals surface area (Å²) in [5, 5.41) is 0.123. The Morgan fingerprint density at radius 1 is 1.47 bits per heavy atom. The van der Waals surface area contributed by atoms with Gasteiger partial charge in [-0.1, -0.05) is 17.7 Å². The first-order chi connectivity index (χ1) is 7.85. The SMILES string of the molecule is COC(C)(C)CCC(N)c1ccc(Cl)c(F)c1. The van der Waals surface area contributed by atoms with Crippen LogP contribution in [0.5, 0.6) is 0 Å². The quantitative estimate of drug-likeness (QED) is 0.875. The lowest BCUT2D eigenvalue weighted by Crippen LogP contribution is -2.24. The van der Waals surface area contributed by atoms with E-state index in [1.54, 1.807) is 13.2 Å². The van der Waals surface area contributed by atoms with Crippen LogP contribution in [0.4, 0.5) is 4.39 Å². The van der Waals surface area contributed by atoms with Gasteiger partial charge in [0.15, 0.2) is 0 Å². The lowest BCUT2D eigenvalue weighted by atomic mass is 9.95. The molecular weight excluding hydrogens is 241 g/mol. The van der Waals surface area contributed by atoms with Crippen LogP contribution in [0.1, 0.15) is 38.3 Å². The van der Waals surface area contributed by atoms with Crippen molar-refractivity contribution in [1.29, 1.82) is 0 Å². The van der Waals surface area contributed by atoms with Crippen molar-refractivity contribution in [2.24, 2.45) is 5.73 Å². The Morgan fingerprint density at radius 2 is 2.12 bits per heavy atom. The van der Waals surface area contributed by atoms with Crippen molar-refractivity contribution in [3.8, 4) is 0 Å². The van der Waals surface area contributed by atoms with Gasteiger partial charge in [-0.15, -0.1) is 0 Å². The predicted octanol–water partition coefficient (Wildman–Crippen LogP) is 3.68. The molecule has 0 fully saturated rings. The number of nitrogens with two attached hydrogens (primary N) is 1. The van der Waals surface area contributed by atoms with E-state index in [-0.39, 0.29) is 16.7 Å². The summed E-state index contributed by atoms with van der Waals surface area (Å²) in [6.07, 6.45) is 1.55. The number of methoxy groups -OCH3 is 1. The fourth-order valence-electron chi connectivity index (χ4n) is 1.51. The molecule has 0 aromatic heterocycles. The van der Waals surface area contributed by atoms with E-state index in [1.807, 2.05) is 13.8 Å². The van der Waals surface area contributed by atoms with Crippen LogP contribution < -0.4 is 5.73 Å². The normalized spacial score (nSPS) is 13.8. The van der Waals surface area contributed by atoms with Crippen molar-refractivity contribution in [3.63, 3.8) is 0 Å². The molecule has 0 bridgehead atoms. The largest absolute Gasteiger partial charge is 0.379 e. The van der Waals surface area contributed by atoms with Gasteiger partial charge < -0.3 is 10.5 Å². The second-order valence-electron chi connectivity index (χ2n) is 4.78. The highest BCUT2D eigenvalue weighted by Crippen LogP contribution is 2.25. The van der Waals surface area contributed by atoms with Crippen molar-refractivity contribution in [2.45, 2.75) is 38.3 Å². The maximum absolute atomic E-state index is 13.3. The van der Waals surface area contributed by atoms with Crippen LogP contribution in [0, 0.1) is 5.82 Å². The van der Waals surface area contributed by atoms with Crippen LogP contribution in [0.15, 0.2) is 18.2 Å². The van der Waals surface area contributed by atoms with Crippen molar-refractivity contribution in [3.05, 3.63) is 34.6 Å². The van der Waals surface area contributed by atoms with Gasteiger partial charge in [0, 0.05) is 13.2 Å². The zero-order valence-corrected chi connectivity index (χ0v) is 11.2. The van der Waals surface area contributed by atoms with Gasteiger partial charge in [0.1, 0.15) is 5.82 Å². The first-order valence-electron chi connectivity index (χ1n) is 5.61. The second kappa shape index (κ2) is 5.80. The Labute approximate surface area is 107 Å². The van der Waals surface area contributed by atoms with Crippen molar-refractivity contribution in [2.75, 3.05) is 7.11 Å². The minimum Gasteiger partial charge on any atom is -0.379 e. The zero-order valence-electron chi connectivity index (χ0n) is 10.5. The first-order valence-corrected chi connectivity index (χ1v) is 5.99. The summed E-state index contributed by atoms with van der Waals surface area (Å²) in [6.45, 7) is 4.00.